The van der Waals surface area contributed by atoms with Gasteiger partial charge in [0.15, 0.2) is 0 Å². The summed E-state index contributed by atoms with van der Waals surface area (Å²) in [5.41, 5.74) is 2.85. The number of nitrogens with one attached hydrogen (secondary N) is 1. The number of benzene rings is 1. The molecular weight excluding hydrogens is 352 g/mol. The molecule has 0 aliphatic carbocycles. The minimum absolute atomic E-state index is 0.0835. The van der Waals surface area contributed by atoms with Gasteiger partial charge < -0.3 is 15.0 Å². The molecule has 2 saturated heterocycles. The second-order valence-electron chi connectivity index (χ2n) is 8.50. The molecule has 1 aromatic carbocycles. The van der Waals surface area contributed by atoms with E-state index in [4.69, 9.17) is 4.74 Å². The van der Waals surface area contributed by atoms with Crippen molar-refractivity contribution in [2.24, 2.45) is 24.8 Å². The van der Waals surface area contributed by atoms with Crippen LogP contribution in [0.25, 0.3) is 0 Å². The Morgan fingerprint density at radius 2 is 2.04 bits per heavy atom. The van der Waals surface area contributed by atoms with Gasteiger partial charge in [0.1, 0.15) is 11.4 Å². The summed E-state index contributed by atoms with van der Waals surface area (Å²) in [6.07, 6.45) is 0.887. The molecule has 1 amide bonds. The maximum absolute atomic E-state index is 13.5. The van der Waals surface area contributed by atoms with Crippen LogP contribution in [0.3, 0.4) is 0 Å². The molecule has 4 rings (SSSR count). The summed E-state index contributed by atoms with van der Waals surface area (Å²) < 4.78 is 7.06. The van der Waals surface area contributed by atoms with E-state index >= 15 is 0 Å². The maximum Gasteiger partial charge on any atom is 0.272 e. The highest BCUT2D eigenvalue weighted by molar-refractivity contribution is 5.93. The van der Waals surface area contributed by atoms with Crippen molar-refractivity contribution >= 4 is 5.91 Å². The monoisotopic (exact) mass is 382 g/mol. The van der Waals surface area contributed by atoms with Crippen molar-refractivity contribution in [1.82, 2.24) is 20.0 Å². The lowest BCUT2D eigenvalue weighted by Gasteiger charge is -2.28. The number of carbonyl (C=O) groups excluding carboxylic acids is 1. The van der Waals surface area contributed by atoms with Gasteiger partial charge >= 0.3 is 0 Å². The Balaban J connectivity index is 1.64. The van der Waals surface area contributed by atoms with Gasteiger partial charge in [-0.1, -0.05) is 26.0 Å². The summed E-state index contributed by atoms with van der Waals surface area (Å²) >= 11 is 0. The van der Waals surface area contributed by atoms with Crippen molar-refractivity contribution in [3.63, 3.8) is 0 Å². The highest BCUT2D eigenvalue weighted by atomic mass is 16.5. The first-order valence-electron chi connectivity index (χ1n) is 10.2. The first kappa shape index (κ1) is 19.0. The first-order valence-corrected chi connectivity index (χ1v) is 10.2. The molecule has 2 fully saturated rings. The second kappa shape index (κ2) is 7.59. The van der Waals surface area contributed by atoms with Gasteiger partial charge in [0.2, 0.25) is 0 Å². The lowest BCUT2D eigenvalue weighted by molar-refractivity contribution is 0.0703. The fraction of sp³-hybridized carbons (Fsp3) is 0.545. The molecule has 0 radical (unpaired) electrons. The Bertz CT molecular complexity index is 843. The van der Waals surface area contributed by atoms with Crippen LogP contribution in [0.15, 0.2) is 30.3 Å². The standard InChI is InChI=1S/C22H30N4O2/c1-14(2)9-17-10-20(25(3)24-17)22(27)26-13-16-11-23-12-19(16)21(26)15-5-7-18(28-4)8-6-15/h5-8,10,14,16,19,21,23H,9,11-13H2,1-4H3/t16-,19-,21-/m0/s1. The van der Waals surface area contributed by atoms with Gasteiger partial charge in [-0.3, -0.25) is 9.48 Å². The molecule has 6 heteroatoms. The van der Waals surface area contributed by atoms with Crippen molar-refractivity contribution in [1.29, 1.82) is 0 Å². The second-order valence-corrected chi connectivity index (χ2v) is 8.50. The van der Waals surface area contributed by atoms with E-state index in [9.17, 15) is 4.79 Å². The van der Waals surface area contributed by atoms with Gasteiger partial charge in [-0.15, -0.1) is 0 Å². The molecule has 1 N–H and O–H groups in total. The van der Waals surface area contributed by atoms with E-state index < -0.39 is 0 Å². The smallest absolute Gasteiger partial charge is 0.272 e. The number of nitrogens with zero attached hydrogens (tertiary/aromatic N) is 3. The molecule has 28 heavy (non-hydrogen) atoms. The van der Waals surface area contributed by atoms with Crippen molar-refractivity contribution in [3.8, 4) is 5.75 Å². The number of amides is 1. The average molecular weight is 383 g/mol. The Hall–Kier alpha value is -2.34. The summed E-state index contributed by atoms with van der Waals surface area (Å²) in [5.74, 6) is 2.38. The van der Waals surface area contributed by atoms with Gasteiger partial charge in [-0.25, -0.2) is 0 Å². The quantitative estimate of drug-likeness (QED) is 0.864. The Morgan fingerprint density at radius 1 is 1.29 bits per heavy atom. The predicted molar refractivity (Wildman–Crippen MR) is 108 cm³/mol. The minimum atomic E-state index is 0.0835. The minimum Gasteiger partial charge on any atom is -0.497 e. The number of fused-ring (bicyclic) bond motifs is 1. The summed E-state index contributed by atoms with van der Waals surface area (Å²) in [6, 6.07) is 10.2. The Kier molecular flexibility index (Phi) is 5.15. The number of hydrogen-bond donors (Lipinski definition) is 1. The summed E-state index contributed by atoms with van der Waals surface area (Å²) in [6.45, 7) is 7.06. The van der Waals surface area contributed by atoms with Crippen molar-refractivity contribution in [2.45, 2.75) is 26.3 Å². The normalized spacial score (nSPS) is 24.0. The zero-order valence-corrected chi connectivity index (χ0v) is 17.2. The van der Waals surface area contributed by atoms with Crippen LogP contribution in [0.2, 0.25) is 0 Å². The van der Waals surface area contributed by atoms with Crippen LogP contribution in [0.1, 0.15) is 41.6 Å². The average Bonchev–Trinajstić information content (AvgIpc) is 3.35. The molecule has 0 bridgehead atoms. The number of rotatable bonds is 5. The third-order valence-electron chi connectivity index (χ3n) is 6.05. The third-order valence-corrected chi connectivity index (χ3v) is 6.05. The lowest BCUT2D eigenvalue weighted by atomic mass is 9.89. The fourth-order valence-corrected chi connectivity index (χ4v) is 4.75. The molecule has 3 heterocycles. The largest absolute Gasteiger partial charge is 0.497 e. The maximum atomic E-state index is 13.5. The van der Waals surface area contributed by atoms with E-state index in [1.807, 2.05) is 25.2 Å². The lowest BCUT2D eigenvalue weighted by Crippen LogP contribution is -2.35. The molecule has 2 aliphatic heterocycles. The van der Waals surface area contributed by atoms with Crippen LogP contribution in [0.5, 0.6) is 5.75 Å². The molecule has 0 unspecified atom stereocenters. The van der Waals surface area contributed by atoms with Gasteiger partial charge in [-0.2, -0.15) is 5.10 Å². The van der Waals surface area contributed by atoms with Crippen LogP contribution in [-0.4, -0.2) is 47.3 Å². The Morgan fingerprint density at radius 3 is 2.71 bits per heavy atom. The molecule has 3 atom stereocenters. The fourth-order valence-electron chi connectivity index (χ4n) is 4.75. The third kappa shape index (κ3) is 3.41. The zero-order chi connectivity index (χ0) is 19.8. The van der Waals surface area contributed by atoms with Crippen LogP contribution < -0.4 is 10.1 Å². The van der Waals surface area contributed by atoms with E-state index in [-0.39, 0.29) is 11.9 Å². The molecule has 2 aromatic rings. The molecule has 150 valence electrons. The number of likely N-dealkylation sites (tertiary alicyclic amines) is 1. The summed E-state index contributed by atoms with van der Waals surface area (Å²) in [7, 11) is 3.55. The molecular formula is C22H30N4O2. The number of methoxy groups -OCH3 is 1. The van der Waals surface area contributed by atoms with E-state index in [0.717, 1.165) is 37.5 Å². The molecule has 1 aromatic heterocycles. The van der Waals surface area contributed by atoms with Gasteiger partial charge in [0.05, 0.1) is 18.8 Å². The van der Waals surface area contributed by atoms with Crippen LogP contribution in [0, 0.1) is 17.8 Å². The number of aromatic nitrogens is 2. The van der Waals surface area contributed by atoms with Crippen molar-refractivity contribution < 1.29 is 9.53 Å². The van der Waals surface area contributed by atoms with Gasteiger partial charge in [-0.05, 0) is 42.0 Å². The Labute approximate surface area is 166 Å². The molecule has 2 aliphatic rings. The van der Waals surface area contributed by atoms with Gasteiger partial charge in [0.25, 0.3) is 5.91 Å². The number of aryl methyl sites for hydroxylation is 1. The summed E-state index contributed by atoms with van der Waals surface area (Å²) in [5, 5.41) is 8.08. The SMILES string of the molecule is COc1ccc([C@H]2[C@H]3CNC[C@H]3CN2C(=O)c2cc(CC(C)C)nn2C)cc1. The van der Waals surface area contributed by atoms with Crippen LogP contribution in [-0.2, 0) is 13.5 Å². The number of hydrogen-bond acceptors (Lipinski definition) is 4. The van der Waals surface area contributed by atoms with Crippen LogP contribution >= 0.6 is 0 Å². The topological polar surface area (TPSA) is 59.4 Å². The molecule has 0 saturated carbocycles. The van der Waals surface area contributed by atoms with E-state index in [1.54, 1.807) is 11.8 Å². The van der Waals surface area contributed by atoms with Crippen molar-refractivity contribution in [2.75, 3.05) is 26.7 Å². The van der Waals surface area contributed by atoms with E-state index in [1.165, 1.54) is 5.56 Å². The zero-order valence-electron chi connectivity index (χ0n) is 17.2. The van der Waals surface area contributed by atoms with Crippen molar-refractivity contribution in [3.05, 3.63) is 47.3 Å². The first-order chi connectivity index (χ1) is 13.5. The van der Waals surface area contributed by atoms with Crippen LogP contribution in [0.4, 0.5) is 0 Å². The van der Waals surface area contributed by atoms with E-state index in [0.29, 0.717) is 23.4 Å². The number of carbonyl (C=O) groups is 1. The van der Waals surface area contributed by atoms with E-state index in [2.05, 4.69) is 41.3 Å². The molecule has 0 spiro atoms. The number of ether oxygens (including phenoxy) is 1. The molecule has 6 nitrogen and oxygen atoms in total. The highest BCUT2D eigenvalue weighted by Crippen LogP contribution is 2.43. The summed E-state index contributed by atoms with van der Waals surface area (Å²) in [4.78, 5) is 15.6. The highest BCUT2D eigenvalue weighted by Gasteiger charge is 2.47. The predicted octanol–water partition coefficient (Wildman–Crippen LogP) is 2.66. The van der Waals surface area contributed by atoms with Gasteiger partial charge in [0, 0.05) is 32.6 Å².